The second-order valence-corrected chi connectivity index (χ2v) is 8.33. The monoisotopic (exact) mass is 443 g/mol. The first-order valence-electron chi connectivity index (χ1n) is 9.21. The summed E-state index contributed by atoms with van der Waals surface area (Å²) < 4.78 is 6.34. The van der Waals surface area contributed by atoms with Gasteiger partial charge in [-0.3, -0.25) is 9.59 Å². The molecule has 0 atom stereocenters. The summed E-state index contributed by atoms with van der Waals surface area (Å²) in [5.74, 6) is 0.376. The molecule has 1 aliphatic rings. The summed E-state index contributed by atoms with van der Waals surface area (Å²) in [6.45, 7) is 3.75. The SMILES string of the molecule is CCCc1c(COc2ccc(C=C3SC(=S)NC3=O)cc2)ccc(C(C)=O)c1O.[LiH].[LiH]. The number of aromatic hydroxyl groups is 1. The summed E-state index contributed by atoms with van der Waals surface area (Å²) in [6, 6.07) is 10.8. The molecular formula is C22H23Li2NO4S2. The van der Waals surface area contributed by atoms with Crippen LogP contribution < -0.4 is 10.1 Å². The fraction of sp³-hybridized carbons (Fsp3) is 0.227. The Balaban J connectivity index is 0.00000240. The molecule has 0 bridgehead atoms. The molecular weight excluding hydrogens is 420 g/mol. The number of hydrogen-bond acceptors (Lipinski definition) is 6. The molecule has 0 spiro atoms. The molecule has 2 aromatic rings. The average Bonchev–Trinajstić information content (AvgIpc) is 3.00. The first-order chi connectivity index (χ1) is 13.9. The number of phenolic OH excluding ortho intramolecular Hbond substituents is 1. The first-order valence-corrected chi connectivity index (χ1v) is 10.4. The van der Waals surface area contributed by atoms with Crippen molar-refractivity contribution in [1.82, 2.24) is 5.32 Å². The van der Waals surface area contributed by atoms with Crippen LogP contribution >= 0.6 is 24.0 Å². The molecule has 1 heterocycles. The number of phenols is 1. The number of benzene rings is 2. The van der Waals surface area contributed by atoms with Crippen LogP contribution in [0, 0.1) is 0 Å². The van der Waals surface area contributed by atoms with Crippen molar-refractivity contribution in [3.05, 3.63) is 63.6 Å². The molecule has 0 unspecified atom stereocenters. The van der Waals surface area contributed by atoms with Crippen LogP contribution in [-0.4, -0.2) is 58.8 Å². The Morgan fingerprint density at radius 2 is 1.87 bits per heavy atom. The summed E-state index contributed by atoms with van der Waals surface area (Å²) in [7, 11) is 0. The number of thioether (sulfide) groups is 1. The third kappa shape index (κ3) is 7.02. The van der Waals surface area contributed by atoms with Gasteiger partial charge in [-0.1, -0.05) is 55.5 Å². The second-order valence-electron chi connectivity index (χ2n) is 6.62. The molecule has 3 rings (SSSR count). The van der Waals surface area contributed by atoms with Gasteiger partial charge < -0.3 is 15.2 Å². The number of ether oxygens (including phenoxy) is 1. The van der Waals surface area contributed by atoms with Crippen LogP contribution in [-0.2, 0) is 17.8 Å². The summed E-state index contributed by atoms with van der Waals surface area (Å²) in [6.07, 6.45) is 3.29. The molecule has 1 aliphatic heterocycles. The van der Waals surface area contributed by atoms with E-state index in [-0.39, 0.29) is 61.8 Å². The minimum absolute atomic E-state index is 0. The fourth-order valence-corrected chi connectivity index (χ4v) is 4.06. The Morgan fingerprint density at radius 1 is 1.19 bits per heavy atom. The van der Waals surface area contributed by atoms with Crippen molar-refractivity contribution >= 4 is 83.8 Å². The van der Waals surface area contributed by atoms with Crippen molar-refractivity contribution in [2.45, 2.75) is 33.3 Å². The number of nitrogens with one attached hydrogen (secondary N) is 1. The molecule has 1 fully saturated rings. The first kappa shape index (κ1) is 27.6. The van der Waals surface area contributed by atoms with Crippen molar-refractivity contribution in [2.75, 3.05) is 0 Å². The van der Waals surface area contributed by atoms with Crippen LogP contribution in [0.15, 0.2) is 41.3 Å². The number of carbonyl (C=O) groups is 2. The summed E-state index contributed by atoms with van der Waals surface area (Å²) in [5.41, 5.74) is 2.81. The Morgan fingerprint density at radius 3 is 2.42 bits per heavy atom. The predicted molar refractivity (Wildman–Crippen MR) is 133 cm³/mol. The van der Waals surface area contributed by atoms with Gasteiger partial charge >= 0.3 is 37.7 Å². The second kappa shape index (κ2) is 12.6. The topological polar surface area (TPSA) is 75.6 Å². The third-order valence-electron chi connectivity index (χ3n) is 4.47. The molecule has 0 saturated carbocycles. The Hall–Kier alpha value is -1.45. The van der Waals surface area contributed by atoms with Gasteiger partial charge in [-0.15, -0.1) is 0 Å². The zero-order valence-electron chi connectivity index (χ0n) is 16.2. The third-order valence-corrected chi connectivity index (χ3v) is 5.64. The van der Waals surface area contributed by atoms with Gasteiger partial charge in [-0.05, 0) is 48.7 Å². The van der Waals surface area contributed by atoms with E-state index in [1.807, 2.05) is 37.3 Å². The minimum atomic E-state index is -0.183. The molecule has 31 heavy (non-hydrogen) atoms. The number of Topliss-reactive ketones (excluding diaryl/α,β-unsaturated/α-hetero) is 1. The molecule has 0 aromatic heterocycles. The molecule has 9 heteroatoms. The van der Waals surface area contributed by atoms with E-state index in [1.165, 1.54) is 18.7 Å². The number of amides is 1. The molecule has 2 aromatic carbocycles. The Labute approximate surface area is 215 Å². The van der Waals surface area contributed by atoms with Gasteiger partial charge in [0, 0.05) is 5.56 Å². The zero-order valence-corrected chi connectivity index (χ0v) is 17.8. The van der Waals surface area contributed by atoms with Gasteiger partial charge in [-0.2, -0.15) is 0 Å². The fourth-order valence-electron chi connectivity index (χ4n) is 3.02. The molecule has 5 nitrogen and oxygen atoms in total. The number of thiocarbonyl (C=S) groups is 1. The van der Waals surface area contributed by atoms with E-state index in [2.05, 4.69) is 5.32 Å². The maximum absolute atomic E-state index is 11.7. The average molecular weight is 443 g/mol. The number of ketones is 1. The molecule has 0 radical (unpaired) electrons. The van der Waals surface area contributed by atoms with E-state index in [4.69, 9.17) is 17.0 Å². The summed E-state index contributed by atoms with van der Waals surface area (Å²) in [5, 5.41) is 13.0. The maximum atomic E-state index is 11.7. The predicted octanol–water partition coefficient (Wildman–Crippen LogP) is 3.32. The van der Waals surface area contributed by atoms with Crippen LogP contribution in [0.1, 0.15) is 47.3 Å². The molecule has 0 aliphatic carbocycles. The number of hydrogen-bond donors (Lipinski definition) is 2. The number of carbonyl (C=O) groups excluding carboxylic acids is 2. The van der Waals surface area contributed by atoms with Crippen molar-refractivity contribution in [1.29, 1.82) is 0 Å². The standard InChI is InChI=1S/C22H21NO4S2.2Li.2H/c1-3-4-18-15(7-10-17(13(2)24)20(18)25)12-27-16-8-5-14(6-9-16)11-19-21(26)23-22(28)29-19;;;;/h5-11,25H,3-4,12H2,1-2H3,(H,23,26,28);;;;. The van der Waals surface area contributed by atoms with Gasteiger partial charge in [0.25, 0.3) is 5.91 Å². The van der Waals surface area contributed by atoms with Crippen LogP contribution in [0.4, 0.5) is 0 Å². The molecule has 1 amide bonds. The normalized spacial score (nSPS) is 13.9. The van der Waals surface area contributed by atoms with Crippen LogP contribution in [0.25, 0.3) is 6.08 Å². The molecule has 2 N–H and O–H groups in total. The quantitative estimate of drug-likeness (QED) is 0.296. The van der Waals surface area contributed by atoms with Crippen molar-refractivity contribution < 1.29 is 19.4 Å². The van der Waals surface area contributed by atoms with Gasteiger partial charge in [0.1, 0.15) is 22.4 Å². The van der Waals surface area contributed by atoms with Crippen LogP contribution in [0.2, 0.25) is 0 Å². The molecule has 154 valence electrons. The van der Waals surface area contributed by atoms with E-state index < -0.39 is 0 Å². The van der Waals surface area contributed by atoms with Crippen molar-refractivity contribution in [3.63, 3.8) is 0 Å². The van der Waals surface area contributed by atoms with E-state index in [1.54, 1.807) is 12.1 Å². The summed E-state index contributed by atoms with van der Waals surface area (Å²) in [4.78, 5) is 24.0. The van der Waals surface area contributed by atoms with Crippen molar-refractivity contribution in [2.24, 2.45) is 0 Å². The summed E-state index contributed by atoms with van der Waals surface area (Å²) >= 11 is 6.23. The van der Waals surface area contributed by atoms with E-state index in [0.29, 0.717) is 27.0 Å². The van der Waals surface area contributed by atoms with E-state index >= 15 is 0 Å². The van der Waals surface area contributed by atoms with Gasteiger partial charge in [0.05, 0.1) is 10.5 Å². The van der Waals surface area contributed by atoms with Crippen LogP contribution in [0.5, 0.6) is 11.5 Å². The van der Waals surface area contributed by atoms with Crippen molar-refractivity contribution in [3.8, 4) is 11.5 Å². The number of rotatable bonds is 7. The molecule has 1 saturated heterocycles. The zero-order chi connectivity index (χ0) is 21.0. The van der Waals surface area contributed by atoms with Gasteiger partial charge in [-0.25, -0.2) is 0 Å². The van der Waals surface area contributed by atoms with Gasteiger partial charge in [0.15, 0.2) is 5.78 Å². The Bertz CT molecular complexity index is 1010. The van der Waals surface area contributed by atoms with E-state index in [9.17, 15) is 14.7 Å². The van der Waals surface area contributed by atoms with E-state index in [0.717, 1.165) is 23.1 Å². The van der Waals surface area contributed by atoms with Crippen LogP contribution in [0.3, 0.4) is 0 Å². The Kier molecular flexibility index (Phi) is 11.2. The van der Waals surface area contributed by atoms with Gasteiger partial charge in [0.2, 0.25) is 0 Å².